The Balaban J connectivity index is 1.34. The first-order valence-electron chi connectivity index (χ1n) is 16.2. The average Bonchev–Trinajstić information content (AvgIpc) is 3.83. The van der Waals surface area contributed by atoms with Gasteiger partial charge in [-0.15, -0.1) is 0 Å². The van der Waals surface area contributed by atoms with Crippen molar-refractivity contribution in [1.29, 1.82) is 5.26 Å². The number of hydrogen-bond acceptors (Lipinski definition) is 3. The third kappa shape index (κ3) is 4.08. The number of hydrogen-bond donors (Lipinski definition) is 0. The van der Waals surface area contributed by atoms with Gasteiger partial charge < -0.3 is 0 Å². The summed E-state index contributed by atoms with van der Waals surface area (Å²) in [5, 5.41) is 16.4. The summed E-state index contributed by atoms with van der Waals surface area (Å²) < 4.78 is 34.9. The quantitative estimate of drug-likeness (QED) is 0.170. The standard InChI is InChI=1S/C43H25N3O2SSe/c44-26-27-14-18-30(19-15-27)49(47,48)31-20-16-29(17-21-31)46-41-35(36-24-25-37-33-11-5-7-13-39(33)50-43(37)42(36)46)23-22-34-32-10-4-6-12-38(32)45(40(34)41)28-8-2-1-3-9-28/h1-25H. The van der Waals surface area contributed by atoms with Crippen LogP contribution in [0.2, 0.25) is 0 Å². The third-order valence-electron chi connectivity index (χ3n) is 9.78. The van der Waals surface area contributed by atoms with Crippen LogP contribution in [-0.4, -0.2) is 32.1 Å². The predicted octanol–water partition coefficient (Wildman–Crippen LogP) is 9.95. The van der Waals surface area contributed by atoms with Gasteiger partial charge in [0.2, 0.25) is 0 Å². The summed E-state index contributed by atoms with van der Waals surface area (Å²) in [7, 11) is -3.79. The van der Waals surface area contributed by atoms with Crippen LogP contribution in [0.5, 0.6) is 0 Å². The topological polar surface area (TPSA) is 67.8 Å². The van der Waals surface area contributed by atoms with Gasteiger partial charge in [0.05, 0.1) is 6.07 Å². The zero-order valence-corrected chi connectivity index (χ0v) is 28.9. The Morgan fingerprint density at radius 2 is 1.02 bits per heavy atom. The van der Waals surface area contributed by atoms with E-state index in [0.717, 1.165) is 44.2 Å². The Morgan fingerprint density at radius 1 is 0.480 bits per heavy atom. The molecule has 50 heavy (non-hydrogen) atoms. The molecule has 0 amide bonds. The van der Waals surface area contributed by atoms with Crippen LogP contribution in [0.1, 0.15) is 5.56 Å². The van der Waals surface area contributed by atoms with Crippen LogP contribution >= 0.6 is 0 Å². The zero-order valence-electron chi connectivity index (χ0n) is 26.4. The summed E-state index contributed by atoms with van der Waals surface area (Å²) in [5.74, 6) is 0. The normalized spacial score (nSPS) is 12.1. The molecule has 5 nitrogen and oxygen atoms in total. The van der Waals surface area contributed by atoms with Crippen molar-refractivity contribution >= 4 is 87.2 Å². The van der Waals surface area contributed by atoms with E-state index >= 15 is 0 Å². The predicted molar refractivity (Wildman–Crippen MR) is 204 cm³/mol. The van der Waals surface area contributed by atoms with Crippen molar-refractivity contribution in [3.05, 3.63) is 157 Å². The van der Waals surface area contributed by atoms with Gasteiger partial charge >= 0.3 is 283 Å². The Hall–Kier alpha value is -5.90. The number of nitrogens with zero attached hydrogens (tertiary/aromatic N) is 3. The molecule has 0 saturated carbocycles. The van der Waals surface area contributed by atoms with Crippen LogP contribution in [0, 0.1) is 11.3 Å². The molecule has 7 aromatic carbocycles. The van der Waals surface area contributed by atoms with Crippen molar-refractivity contribution in [2.75, 3.05) is 0 Å². The van der Waals surface area contributed by atoms with Crippen LogP contribution in [-0.2, 0) is 9.84 Å². The number of benzene rings is 7. The van der Waals surface area contributed by atoms with E-state index < -0.39 is 9.84 Å². The van der Waals surface area contributed by atoms with E-state index in [4.69, 9.17) is 0 Å². The van der Waals surface area contributed by atoms with Crippen molar-refractivity contribution in [1.82, 2.24) is 9.13 Å². The van der Waals surface area contributed by atoms with Gasteiger partial charge in [-0.25, -0.2) is 0 Å². The number of aromatic nitrogens is 2. The van der Waals surface area contributed by atoms with Gasteiger partial charge in [0.25, 0.3) is 0 Å². The number of para-hydroxylation sites is 2. The van der Waals surface area contributed by atoms with Gasteiger partial charge in [-0.1, -0.05) is 0 Å². The fraction of sp³-hybridized carbons (Fsp3) is 0. The average molecular weight is 727 g/mol. The van der Waals surface area contributed by atoms with Crippen LogP contribution in [0.25, 0.3) is 74.3 Å². The van der Waals surface area contributed by atoms with E-state index in [1.54, 1.807) is 12.1 Å². The second-order valence-corrected chi connectivity index (χ2v) is 16.6. The Labute approximate surface area is 293 Å². The molecule has 0 atom stereocenters. The first kappa shape index (κ1) is 29.1. The van der Waals surface area contributed by atoms with Crippen molar-refractivity contribution in [2.45, 2.75) is 9.79 Å². The Morgan fingerprint density at radius 3 is 1.74 bits per heavy atom. The summed E-state index contributed by atoms with van der Waals surface area (Å²) in [5.41, 5.74) is 6.87. The molecule has 0 fully saturated rings. The number of sulfone groups is 1. The van der Waals surface area contributed by atoms with Gasteiger partial charge in [-0.05, 0) is 0 Å². The molecule has 3 heterocycles. The molecule has 3 aromatic heterocycles. The summed E-state index contributed by atoms with van der Waals surface area (Å²) in [6.07, 6.45) is 0. The van der Waals surface area contributed by atoms with Crippen LogP contribution in [0.4, 0.5) is 0 Å². The summed E-state index contributed by atoms with van der Waals surface area (Å²) in [6, 6.07) is 52.2. The van der Waals surface area contributed by atoms with Crippen LogP contribution in [0.3, 0.4) is 0 Å². The molecular weight excluding hydrogens is 702 g/mol. The molecule has 10 aromatic rings. The molecule has 7 heteroatoms. The summed E-state index contributed by atoms with van der Waals surface area (Å²) >= 11 is 0.0850. The van der Waals surface area contributed by atoms with E-state index in [1.807, 2.05) is 18.2 Å². The fourth-order valence-electron chi connectivity index (χ4n) is 7.53. The Bertz CT molecular complexity index is 3150. The maximum absolute atomic E-state index is 13.7. The van der Waals surface area contributed by atoms with E-state index in [0.29, 0.717) is 5.56 Å². The molecule has 0 radical (unpaired) electrons. The zero-order chi connectivity index (χ0) is 33.6. The molecule has 0 aliphatic carbocycles. The van der Waals surface area contributed by atoms with Gasteiger partial charge in [0.15, 0.2) is 0 Å². The molecule has 0 unspecified atom stereocenters. The minimum atomic E-state index is -3.79. The molecule has 0 aliphatic rings. The first-order chi connectivity index (χ1) is 24.5. The van der Waals surface area contributed by atoms with E-state index in [2.05, 4.69) is 112 Å². The second kappa shape index (κ2) is 10.8. The fourth-order valence-corrected chi connectivity index (χ4v) is 11.4. The maximum atomic E-state index is 13.7. The van der Waals surface area contributed by atoms with Crippen molar-refractivity contribution in [3.8, 4) is 17.4 Å². The number of rotatable bonds is 4. The Kier molecular flexibility index (Phi) is 6.28. The molecule has 0 spiro atoms. The van der Waals surface area contributed by atoms with Gasteiger partial charge in [-0.3, -0.25) is 0 Å². The molecule has 0 bridgehead atoms. The molecule has 10 rings (SSSR count). The molecule has 0 saturated heterocycles. The molecule has 236 valence electrons. The van der Waals surface area contributed by atoms with Crippen molar-refractivity contribution < 1.29 is 8.42 Å². The van der Waals surface area contributed by atoms with Crippen molar-refractivity contribution in [3.63, 3.8) is 0 Å². The van der Waals surface area contributed by atoms with Gasteiger partial charge in [0, 0.05) is 0 Å². The monoisotopic (exact) mass is 727 g/mol. The number of fused-ring (bicyclic) bond motifs is 11. The van der Waals surface area contributed by atoms with Crippen molar-refractivity contribution in [2.24, 2.45) is 0 Å². The summed E-state index contributed by atoms with van der Waals surface area (Å²) in [4.78, 5) is 0.366. The molecule has 0 N–H and O–H groups in total. The van der Waals surface area contributed by atoms with Gasteiger partial charge in [0.1, 0.15) is 0 Å². The molecular formula is C43H25N3O2SSe. The SMILES string of the molecule is N#Cc1ccc(S(=O)(=O)c2ccc(-n3c4c(ccc5c6ccccc6[se]c54)c4ccc5c6ccccc6n(-c6ccccc6)c5c43)cc2)cc1. The molecule has 0 aliphatic heterocycles. The van der Waals surface area contributed by atoms with Gasteiger partial charge in [-0.2, -0.15) is 5.26 Å². The van der Waals surface area contributed by atoms with E-state index in [1.165, 1.54) is 54.3 Å². The minimum absolute atomic E-state index is 0.0850. The summed E-state index contributed by atoms with van der Waals surface area (Å²) in [6.45, 7) is 0. The first-order valence-corrected chi connectivity index (χ1v) is 19.4. The number of nitriles is 1. The second-order valence-electron chi connectivity index (χ2n) is 12.5. The van der Waals surface area contributed by atoms with Crippen LogP contribution in [0.15, 0.2) is 161 Å². The third-order valence-corrected chi connectivity index (χ3v) is 14.1. The van der Waals surface area contributed by atoms with E-state index in [-0.39, 0.29) is 24.3 Å². The van der Waals surface area contributed by atoms with E-state index in [9.17, 15) is 13.7 Å². The van der Waals surface area contributed by atoms with Crippen LogP contribution < -0.4 is 0 Å².